The van der Waals surface area contributed by atoms with Crippen molar-refractivity contribution in [3.63, 3.8) is 0 Å². The first-order valence-corrected chi connectivity index (χ1v) is 16.6. The quantitative estimate of drug-likeness (QED) is 0.270. The first kappa shape index (κ1) is 30.1. The molecule has 4 aliphatic rings. The van der Waals surface area contributed by atoms with Gasteiger partial charge in [-0.1, -0.05) is 48.5 Å². The molecule has 2 fully saturated rings. The molecular weight excluding hydrogens is 596 g/mol. The molecule has 3 atom stereocenters. The van der Waals surface area contributed by atoms with Gasteiger partial charge in [0, 0.05) is 57.6 Å². The van der Waals surface area contributed by atoms with E-state index in [1.807, 2.05) is 24.3 Å². The molecular formula is C37H40N4O6. The van der Waals surface area contributed by atoms with Gasteiger partial charge < -0.3 is 28.4 Å². The Morgan fingerprint density at radius 1 is 0.660 bits per heavy atom. The van der Waals surface area contributed by atoms with Gasteiger partial charge in [0.25, 0.3) is 11.8 Å². The fourth-order valence-electron chi connectivity index (χ4n) is 6.58. The second kappa shape index (κ2) is 13.9. The van der Waals surface area contributed by atoms with Crippen LogP contribution in [0.25, 0.3) is 0 Å². The molecule has 244 valence electrons. The maximum absolute atomic E-state index is 6.37. The molecule has 0 amide bonds. The van der Waals surface area contributed by atoms with E-state index >= 15 is 0 Å². The lowest BCUT2D eigenvalue weighted by Crippen LogP contribution is -2.43. The van der Waals surface area contributed by atoms with E-state index in [-0.39, 0.29) is 18.3 Å². The average Bonchev–Trinajstić information content (AvgIpc) is 3.12. The Kier molecular flexibility index (Phi) is 8.89. The van der Waals surface area contributed by atoms with Gasteiger partial charge in [0.2, 0.25) is 0 Å². The Balaban J connectivity index is 0.847. The van der Waals surface area contributed by atoms with E-state index in [4.69, 9.17) is 33.4 Å². The van der Waals surface area contributed by atoms with Gasteiger partial charge in [-0.15, -0.1) is 0 Å². The Morgan fingerprint density at radius 2 is 1.30 bits per heavy atom. The van der Waals surface area contributed by atoms with E-state index < -0.39 is 0 Å². The van der Waals surface area contributed by atoms with E-state index in [1.165, 1.54) is 11.1 Å². The van der Waals surface area contributed by atoms with Crippen molar-refractivity contribution in [1.82, 2.24) is 19.8 Å². The smallest absolute Gasteiger partial charge is 0.258 e. The summed E-state index contributed by atoms with van der Waals surface area (Å²) in [6, 6.07) is 25.0. The summed E-state index contributed by atoms with van der Waals surface area (Å²) in [4.78, 5) is 14.0. The third-order valence-electron chi connectivity index (χ3n) is 9.19. The summed E-state index contributed by atoms with van der Waals surface area (Å²) >= 11 is 0. The maximum atomic E-state index is 6.37. The van der Waals surface area contributed by atoms with E-state index in [2.05, 4.69) is 63.3 Å². The molecule has 0 saturated carbocycles. The van der Waals surface area contributed by atoms with Crippen LogP contribution >= 0.6 is 0 Å². The van der Waals surface area contributed by atoms with Crippen LogP contribution in [0.3, 0.4) is 0 Å². The first-order chi connectivity index (χ1) is 23.2. The molecule has 0 aliphatic carbocycles. The first-order valence-electron chi connectivity index (χ1n) is 16.6. The van der Waals surface area contributed by atoms with Gasteiger partial charge >= 0.3 is 0 Å². The van der Waals surface area contributed by atoms with Crippen LogP contribution in [0.1, 0.15) is 40.2 Å². The summed E-state index contributed by atoms with van der Waals surface area (Å²) in [5.74, 6) is 2.48. The Morgan fingerprint density at radius 3 is 2.02 bits per heavy atom. The number of benzene rings is 2. The molecule has 0 radical (unpaired) electrons. The van der Waals surface area contributed by atoms with E-state index in [1.54, 1.807) is 6.20 Å². The lowest BCUT2D eigenvalue weighted by atomic mass is 10.1. The lowest BCUT2D eigenvalue weighted by molar-refractivity contribution is -0.0310. The predicted octanol–water partition coefficient (Wildman–Crippen LogP) is 4.78. The van der Waals surface area contributed by atoms with E-state index in [0.717, 1.165) is 69.3 Å². The van der Waals surface area contributed by atoms with Crippen LogP contribution < -0.4 is 18.9 Å². The fourth-order valence-corrected chi connectivity index (χ4v) is 6.58. The molecule has 0 bridgehead atoms. The standard InChI is InChI=1S/C37H40N4O6/c1-2-32-36(38-13-1)46-34(24-44-32)28-9-5-27(6-10-28)22-41-16-19-43-31(23-41)20-30-11-12-33-37(39-30)47-35(25-45-33)29-7-3-26(4-8-29)21-40-14-17-42-18-15-40/h1-13,31,34-35H,14-25H2/t31?,34?,35-/m1/s1. The van der Waals surface area contributed by atoms with Crippen LogP contribution in [0, 0.1) is 0 Å². The van der Waals surface area contributed by atoms with Crippen LogP contribution in [0.2, 0.25) is 0 Å². The van der Waals surface area contributed by atoms with Crippen LogP contribution in [-0.4, -0.2) is 85.1 Å². The zero-order valence-electron chi connectivity index (χ0n) is 26.5. The summed E-state index contributed by atoms with van der Waals surface area (Å²) in [6.45, 7) is 8.71. The number of hydrogen-bond donors (Lipinski definition) is 0. The van der Waals surface area contributed by atoms with Gasteiger partial charge in [0.1, 0.15) is 13.2 Å². The highest BCUT2D eigenvalue weighted by atomic mass is 16.6. The highest BCUT2D eigenvalue weighted by Crippen LogP contribution is 2.36. The zero-order valence-corrected chi connectivity index (χ0v) is 26.5. The molecule has 2 saturated heterocycles. The molecule has 4 aliphatic heterocycles. The van der Waals surface area contributed by atoms with Gasteiger partial charge in [-0.05, 0) is 46.5 Å². The molecule has 47 heavy (non-hydrogen) atoms. The Bertz CT molecular complexity index is 1650. The molecule has 2 unspecified atom stereocenters. The van der Waals surface area contributed by atoms with Crippen molar-refractivity contribution in [3.05, 3.63) is 107 Å². The van der Waals surface area contributed by atoms with Crippen molar-refractivity contribution in [2.45, 2.75) is 37.8 Å². The lowest BCUT2D eigenvalue weighted by Gasteiger charge is -2.33. The number of fused-ring (bicyclic) bond motifs is 2. The zero-order chi connectivity index (χ0) is 31.4. The molecule has 2 aromatic carbocycles. The van der Waals surface area contributed by atoms with Gasteiger partial charge in [0.15, 0.2) is 23.7 Å². The second-order valence-electron chi connectivity index (χ2n) is 12.6. The normalized spacial score (nSPS) is 22.9. The summed E-state index contributed by atoms with van der Waals surface area (Å²) in [5.41, 5.74) is 5.66. The van der Waals surface area contributed by atoms with E-state index in [9.17, 15) is 0 Å². The summed E-state index contributed by atoms with van der Waals surface area (Å²) in [6.07, 6.45) is 2.12. The van der Waals surface area contributed by atoms with E-state index in [0.29, 0.717) is 49.5 Å². The third-order valence-corrected chi connectivity index (χ3v) is 9.19. The average molecular weight is 637 g/mol. The number of hydrogen-bond acceptors (Lipinski definition) is 10. The van der Waals surface area contributed by atoms with Crippen LogP contribution in [0.5, 0.6) is 23.3 Å². The number of aromatic nitrogens is 2. The molecule has 6 heterocycles. The molecule has 10 heteroatoms. The van der Waals surface area contributed by atoms with Gasteiger partial charge in [-0.2, -0.15) is 0 Å². The number of morpholine rings is 2. The van der Waals surface area contributed by atoms with Crippen molar-refractivity contribution < 1.29 is 28.4 Å². The molecule has 0 N–H and O–H groups in total. The van der Waals surface area contributed by atoms with Crippen molar-refractivity contribution in [1.29, 1.82) is 0 Å². The Labute approximate surface area is 275 Å². The van der Waals surface area contributed by atoms with Crippen LogP contribution in [-0.2, 0) is 29.0 Å². The number of ether oxygens (including phenoxy) is 6. The van der Waals surface area contributed by atoms with Gasteiger partial charge in [0.05, 0.1) is 25.9 Å². The largest absolute Gasteiger partial charge is 0.484 e. The van der Waals surface area contributed by atoms with Gasteiger partial charge in [-0.25, -0.2) is 9.97 Å². The summed E-state index contributed by atoms with van der Waals surface area (Å²) in [7, 11) is 0. The Hall–Kier alpha value is -4.22. The summed E-state index contributed by atoms with van der Waals surface area (Å²) in [5, 5.41) is 0. The van der Waals surface area contributed by atoms with Crippen LogP contribution in [0.15, 0.2) is 79.0 Å². The summed E-state index contributed by atoms with van der Waals surface area (Å²) < 4.78 is 36.0. The van der Waals surface area contributed by atoms with Crippen molar-refractivity contribution in [2.75, 3.05) is 59.2 Å². The monoisotopic (exact) mass is 636 g/mol. The molecule has 10 nitrogen and oxygen atoms in total. The predicted molar refractivity (Wildman–Crippen MR) is 174 cm³/mol. The SMILES string of the molecule is c1cnc2c(c1)OCC(c1ccc(CN3CCOC(Cc4ccc5c(n4)O[C@@H](c4ccc(CN6CCOCC6)cc4)CO5)C3)cc1)O2. The van der Waals surface area contributed by atoms with Gasteiger partial charge in [-0.3, -0.25) is 9.80 Å². The van der Waals surface area contributed by atoms with Crippen molar-refractivity contribution in [3.8, 4) is 23.3 Å². The minimum Gasteiger partial charge on any atom is -0.484 e. The molecule has 8 rings (SSSR count). The number of pyridine rings is 2. The molecule has 0 spiro atoms. The van der Waals surface area contributed by atoms with Crippen molar-refractivity contribution >= 4 is 0 Å². The second-order valence-corrected chi connectivity index (χ2v) is 12.6. The number of rotatable bonds is 8. The minimum absolute atomic E-state index is 0.0493. The topological polar surface area (TPSA) is 87.6 Å². The highest BCUT2D eigenvalue weighted by Gasteiger charge is 2.27. The highest BCUT2D eigenvalue weighted by molar-refractivity contribution is 5.38. The number of nitrogens with zero attached hydrogens (tertiary/aromatic N) is 4. The fraction of sp³-hybridized carbons (Fsp3) is 0.405. The third kappa shape index (κ3) is 7.21. The van der Waals surface area contributed by atoms with Crippen molar-refractivity contribution in [2.24, 2.45) is 0 Å². The molecule has 2 aromatic heterocycles. The van der Waals surface area contributed by atoms with Crippen LogP contribution in [0.4, 0.5) is 0 Å². The minimum atomic E-state index is -0.194. The maximum Gasteiger partial charge on any atom is 0.258 e. The molecule has 4 aromatic rings.